The van der Waals surface area contributed by atoms with E-state index in [-0.39, 0.29) is 12.4 Å². The van der Waals surface area contributed by atoms with Crippen molar-refractivity contribution in [3.63, 3.8) is 0 Å². The molecule has 5 nitrogen and oxygen atoms in total. The van der Waals surface area contributed by atoms with E-state index in [9.17, 15) is 4.79 Å². The van der Waals surface area contributed by atoms with Crippen LogP contribution in [0.5, 0.6) is 0 Å². The van der Waals surface area contributed by atoms with Crippen LogP contribution in [0.2, 0.25) is 0 Å². The molecule has 0 spiro atoms. The molecule has 2 heterocycles. The number of ether oxygens (including phenoxy) is 1. The van der Waals surface area contributed by atoms with E-state index in [1.807, 2.05) is 25.2 Å². The molecule has 2 aromatic rings. The molecule has 1 aliphatic heterocycles. The van der Waals surface area contributed by atoms with Gasteiger partial charge >= 0.3 is 5.97 Å². The number of fused-ring (bicyclic) bond motifs is 1. The smallest absolute Gasteiger partial charge is 0.311 e. The molecule has 0 saturated heterocycles. The van der Waals surface area contributed by atoms with Gasteiger partial charge in [0.1, 0.15) is 0 Å². The Hall–Kier alpha value is -2.43. The molecule has 21 heavy (non-hydrogen) atoms. The second kappa shape index (κ2) is 5.52. The molecular formula is C16H17N3O2. The van der Waals surface area contributed by atoms with Gasteiger partial charge in [-0.1, -0.05) is 24.3 Å². The Labute approximate surface area is 123 Å². The van der Waals surface area contributed by atoms with Gasteiger partial charge in [-0.2, -0.15) is 5.10 Å². The SMILES string of the molecule is COC(=O)Cc1cc(C2=NCCc3ccccc32)n(C)n1. The van der Waals surface area contributed by atoms with Gasteiger partial charge in [-0.05, 0) is 18.1 Å². The number of nitrogens with zero attached hydrogens (tertiary/aromatic N) is 3. The van der Waals surface area contributed by atoms with E-state index >= 15 is 0 Å². The molecule has 108 valence electrons. The highest BCUT2D eigenvalue weighted by Crippen LogP contribution is 2.20. The number of aliphatic imine (C=N–C) groups is 1. The molecule has 0 atom stereocenters. The number of carbonyl (C=O) groups excluding carboxylic acids is 1. The number of rotatable bonds is 3. The quantitative estimate of drug-likeness (QED) is 0.803. The second-order valence-corrected chi connectivity index (χ2v) is 5.03. The lowest BCUT2D eigenvalue weighted by atomic mass is 9.96. The monoisotopic (exact) mass is 283 g/mol. The Morgan fingerprint density at radius 1 is 1.38 bits per heavy atom. The van der Waals surface area contributed by atoms with Crippen LogP contribution in [0.1, 0.15) is 22.5 Å². The average Bonchev–Trinajstić information content (AvgIpc) is 2.87. The molecular weight excluding hydrogens is 266 g/mol. The molecule has 0 aliphatic carbocycles. The normalized spacial score (nSPS) is 13.5. The summed E-state index contributed by atoms with van der Waals surface area (Å²) in [6.07, 6.45) is 1.14. The van der Waals surface area contributed by atoms with Crippen LogP contribution in [0.15, 0.2) is 35.3 Å². The maximum absolute atomic E-state index is 11.4. The number of hydrogen-bond acceptors (Lipinski definition) is 4. The van der Waals surface area contributed by atoms with E-state index in [0.29, 0.717) is 5.69 Å². The predicted molar refractivity (Wildman–Crippen MR) is 79.6 cm³/mol. The maximum Gasteiger partial charge on any atom is 0.311 e. The van der Waals surface area contributed by atoms with Gasteiger partial charge in [0, 0.05) is 19.2 Å². The highest BCUT2D eigenvalue weighted by molar-refractivity contribution is 6.13. The Morgan fingerprint density at radius 3 is 3.00 bits per heavy atom. The molecule has 5 heteroatoms. The lowest BCUT2D eigenvalue weighted by Gasteiger charge is -2.16. The van der Waals surface area contributed by atoms with E-state index in [2.05, 4.69) is 27.0 Å². The Morgan fingerprint density at radius 2 is 2.19 bits per heavy atom. The van der Waals surface area contributed by atoms with Gasteiger partial charge in [0.05, 0.1) is 30.6 Å². The molecule has 0 N–H and O–H groups in total. The van der Waals surface area contributed by atoms with E-state index < -0.39 is 0 Å². The van der Waals surface area contributed by atoms with Crippen LogP contribution in [-0.4, -0.2) is 35.1 Å². The van der Waals surface area contributed by atoms with Gasteiger partial charge in [0.2, 0.25) is 0 Å². The summed E-state index contributed by atoms with van der Waals surface area (Å²) in [6.45, 7) is 0.782. The minimum absolute atomic E-state index is 0.180. The van der Waals surface area contributed by atoms with E-state index in [4.69, 9.17) is 0 Å². The van der Waals surface area contributed by atoms with Crippen molar-refractivity contribution in [2.45, 2.75) is 12.8 Å². The number of aromatic nitrogens is 2. The van der Waals surface area contributed by atoms with E-state index in [1.54, 1.807) is 4.68 Å². The summed E-state index contributed by atoms with van der Waals surface area (Å²) in [5.74, 6) is -0.286. The van der Waals surface area contributed by atoms with Gasteiger partial charge in [-0.3, -0.25) is 14.5 Å². The third kappa shape index (κ3) is 2.59. The predicted octanol–water partition coefficient (Wildman–Crippen LogP) is 1.53. The van der Waals surface area contributed by atoms with Crippen LogP contribution in [-0.2, 0) is 29.4 Å². The standard InChI is InChI=1S/C16H17N3O2/c1-19-14(9-12(18-19)10-15(20)21-2)16-13-6-4-3-5-11(13)7-8-17-16/h3-6,9H,7-8,10H2,1-2H3. The van der Waals surface area contributed by atoms with Crippen molar-refractivity contribution in [1.29, 1.82) is 0 Å². The molecule has 3 rings (SSSR count). The largest absolute Gasteiger partial charge is 0.469 e. The number of hydrogen-bond donors (Lipinski definition) is 0. The van der Waals surface area contributed by atoms with Crippen molar-refractivity contribution in [2.24, 2.45) is 12.0 Å². The van der Waals surface area contributed by atoms with E-state index in [0.717, 1.165) is 29.9 Å². The zero-order valence-corrected chi connectivity index (χ0v) is 12.2. The van der Waals surface area contributed by atoms with Crippen molar-refractivity contribution in [1.82, 2.24) is 9.78 Å². The van der Waals surface area contributed by atoms with Crippen LogP contribution in [0.3, 0.4) is 0 Å². The lowest BCUT2D eigenvalue weighted by molar-refractivity contribution is -0.139. The van der Waals surface area contributed by atoms with Crippen LogP contribution in [0.25, 0.3) is 0 Å². The first-order valence-corrected chi connectivity index (χ1v) is 6.92. The van der Waals surface area contributed by atoms with E-state index in [1.165, 1.54) is 12.7 Å². The summed E-state index contributed by atoms with van der Waals surface area (Å²) >= 11 is 0. The van der Waals surface area contributed by atoms with Gasteiger partial charge in [0.25, 0.3) is 0 Å². The molecule has 0 amide bonds. The molecule has 0 bridgehead atoms. The van der Waals surface area contributed by atoms with Crippen molar-refractivity contribution in [3.8, 4) is 0 Å². The number of aryl methyl sites for hydroxylation is 1. The molecule has 0 unspecified atom stereocenters. The Kier molecular flexibility index (Phi) is 3.56. The van der Waals surface area contributed by atoms with Crippen LogP contribution >= 0.6 is 0 Å². The third-order valence-electron chi connectivity index (χ3n) is 3.65. The molecule has 1 aromatic carbocycles. The molecule has 1 aliphatic rings. The highest BCUT2D eigenvalue weighted by atomic mass is 16.5. The average molecular weight is 283 g/mol. The van der Waals surface area contributed by atoms with Gasteiger partial charge in [-0.25, -0.2) is 0 Å². The first kappa shape index (κ1) is 13.5. The summed E-state index contributed by atoms with van der Waals surface area (Å²) in [5.41, 5.74) is 5.03. The van der Waals surface area contributed by atoms with Crippen molar-refractivity contribution in [2.75, 3.05) is 13.7 Å². The first-order chi connectivity index (χ1) is 10.2. The fourth-order valence-electron chi connectivity index (χ4n) is 2.62. The highest BCUT2D eigenvalue weighted by Gasteiger charge is 2.19. The summed E-state index contributed by atoms with van der Waals surface area (Å²) in [5, 5.41) is 4.38. The lowest BCUT2D eigenvalue weighted by Crippen LogP contribution is -2.17. The molecule has 0 fully saturated rings. The topological polar surface area (TPSA) is 56.5 Å². The zero-order valence-electron chi connectivity index (χ0n) is 12.2. The maximum atomic E-state index is 11.4. The number of esters is 1. The van der Waals surface area contributed by atoms with Crippen molar-refractivity contribution < 1.29 is 9.53 Å². The van der Waals surface area contributed by atoms with Crippen molar-refractivity contribution in [3.05, 3.63) is 52.8 Å². The fraction of sp³-hybridized carbons (Fsp3) is 0.312. The first-order valence-electron chi connectivity index (χ1n) is 6.92. The minimum Gasteiger partial charge on any atom is -0.469 e. The Bertz CT molecular complexity index is 716. The summed E-state index contributed by atoms with van der Waals surface area (Å²) in [7, 11) is 3.25. The molecule has 1 aromatic heterocycles. The minimum atomic E-state index is -0.286. The molecule has 0 radical (unpaired) electrons. The number of methoxy groups -OCH3 is 1. The third-order valence-corrected chi connectivity index (χ3v) is 3.65. The fourth-order valence-corrected chi connectivity index (χ4v) is 2.62. The van der Waals surface area contributed by atoms with Crippen LogP contribution < -0.4 is 0 Å². The zero-order chi connectivity index (χ0) is 14.8. The summed E-state index contributed by atoms with van der Waals surface area (Å²) < 4.78 is 6.46. The molecule has 0 saturated carbocycles. The number of benzene rings is 1. The van der Waals surface area contributed by atoms with Gasteiger partial charge in [-0.15, -0.1) is 0 Å². The van der Waals surface area contributed by atoms with Crippen LogP contribution in [0.4, 0.5) is 0 Å². The van der Waals surface area contributed by atoms with Crippen LogP contribution in [0, 0.1) is 0 Å². The summed E-state index contributed by atoms with van der Waals surface area (Å²) in [4.78, 5) is 16.0. The summed E-state index contributed by atoms with van der Waals surface area (Å²) in [6, 6.07) is 10.2. The van der Waals surface area contributed by atoms with Gasteiger partial charge in [0.15, 0.2) is 0 Å². The van der Waals surface area contributed by atoms with Gasteiger partial charge < -0.3 is 4.74 Å². The Balaban J connectivity index is 1.98. The van der Waals surface area contributed by atoms with Crippen molar-refractivity contribution >= 4 is 11.7 Å². The number of carbonyl (C=O) groups is 1. The second-order valence-electron chi connectivity index (χ2n) is 5.03.